The van der Waals surface area contributed by atoms with E-state index in [1.54, 1.807) is 0 Å². The Bertz CT molecular complexity index is 4260. The van der Waals surface area contributed by atoms with Gasteiger partial charge in [0.1, 0.15) is 22.3 Å². The number of hydrogen-bond donors (Lipinski definition) is 0. The van der Waals surface area contributed by atoms with Crippen LogP contribution >= 0.6 is 0 Å². The Morgan fingerprint density at radius 1 is 0.385 bits per heavy atom. The number of para-hydroxylation sites is 3. The van der Waals surface area contributed by atoms with E-state index < -0.39 is 0 Å². The molecular weight excluding hydrogens is 950 g/mol. The van der Waals surface area contributed by atoms with Gasteiger partial charge in [-0.1, -0.05) is 154 Å². The summed E-state index contributed by atoms with van der Waals surface area (Å²) in [5, 5.41) is 4.50. The molecule has 5 nitrogen and oxygen atoms in total. The second-order valence-electron chi connectivity index (χ2n) is 27.6. The van der Waals surface area contributed by atoms with E-state index in [9.17, 15) is 0 Å². The molecule has 2 aromatic heterocycles. The molecule has 6 heteroatoms. The summed E-state index contributed by atoms with van der Waals surface area (Å²) in [5.74, 6) is 0. The van der Waals surface area contributed by atoms with Crippen LogP contribution in [0.1, 0.15) is 148 Å². The third-order valence-electron chi connectivity index (χ3n) is 21.5. The highest BCUT2D eigenvalue weighted by molar-refractivity contribution is 7.00. The summed E-state index contributed by atoms with van der Waals surface area (Å²) in [7, 11) is 0. The van der Waals surface area contributed by atoms with Crippen LogP contribution in [-0.4, -0.2) is 12.3 Å². The molecule has 2 atom stereocenters. The molecule has 0 amide bonds. The molecule has 0 spiro atoms. The van der Waals surface area contributed by atoms with Crippen LogP contribution in [0, 0.1) is 0 Å². The van der Waals surface area contributed by atoms with Gasteiger partial charge in [-0.3, -0.25) is 0 Å². The van der Waals surface area contributed by atoms with E-state index in [1.165, 1.54) is 103 Å². The van der Waals surface area contributed by atoms with Gasteiger partial charge in [0.25, 0.3) is 6.71 Å². The van der Waals surface area contributed by atoms with Crippen molar-refractivity contribution in [3.8, 4) is 0 Å². The lowest BCUT2D eigenvalue weighted by Crippen LogP contribution is -2.62. The maximum atomic E-state index is 6.95. The molecule has 3 aliphatic carbocycles. The van der Waals surface area contributed by atoms with Gasteiger partial charge in [-0.15, -0.1) is 0 Å². The van der Waals surface area contributed by atoms with Crippen molar-refractivity contribution in [3.05, 3.63) is 173 Å². The molecule has 6 aliphatic rings. The summed E-state index contributed by atoms with van der Waals surface area (Å²) < 4.78 is 13.8. The molecule has 2 unspecified atom stereocenters. The lowest BCUT2D eigenvalue weighted by Gasteiger charge is -2.51. The van der Waals surface area contributed by atoms with Crippen molar-refractivity contribution in [1.82, 2.24) is 0 Å². The zero-order valence-corrected chi connectivity index (χ0v) is 47.2. The minimum absolute atomic E-state index is 0.00340. The Labute approximate surface area is 460 Å². The lowest BCUT2D eigenvalue weighted by atomic mass is 9.33. The summed E-state index contributed by atoms with van der Waals surface area (Å²) in [6.45, 7) is 24.9. The van der Waals surface area contributed by atoms with Gasteiger partial charge in [-0.25, -0.2) is 0 Å². The zero-order valence-electron chi connectivity index (χ0n) is 47.2. The van der Waals surface area contributed by atoms with Gasteiger partial charge in [0.15, 0.2) is 0 Å². The van der Waals surface area contributed by atoms with Crippen LogP contribution < -0.4 is 31.1 Å². The molecule has 1 saturated carbocycles. The van der Waals surface area contributed by atoms with Crippen LogP contribution in [-0.2, 0) is 27.1 Å². The summed E-state index contributed by atoms with van der Waals surface area (Å²) in [6.07, 6.45) is 9.33. The highest BCUT2D eigenvalue weighted by Crippen LogP contribution is 2.63. The van der Waals surface area contributed by atoms with E-state index in [1.807, 2.05) is 0 Å². The Morgan fingerprint density at radius 2 is 0.949 bits per heavy atom. The summed E-state index contributed by atoms with van der Waals surface area (Å²) in [4.78, 5) is 8.23. The molecule has 1 fully saturated rings. The van der Waals surface area contributed by atoms with Gasteiger partial charge < -0.3 is 23.5 Å². The first-order chi connectivity index (χ1) is 37.4. The average Bonchev–Trinajstić information content (AvgIpc) is 3.22. The quantitative estimate of drug-likeness (QED) is 0.165. The first-order valence-electron chi connectivity index (χ1n) is 29.3. The van der Waals surface area contributed by atoms with Crippen LogP contribution in [0.5, 0.6) is 0 Å². The highest BCUT2D eigenvalue weighted by Gasteiger charge is 2.58. The standard InChI is InChI=1S/C72H70BN3O2/c1-67(2)34-35-68(3,4)49-38-43(28-29-47(49)67)74-56-42-51-50(69(5,6)36-37-70(51,7)8)41-53(56)73-52-30-31-62-64(46-21-12-16-26-60(46)78-62)66(52)75(55-24-19-27-61-63(55)45-20-11-15-25-59(45)77-61)58-40-44(39-57(74)65(58)73)76-54-23-14-13-22-48(54)71(9)32-17-18-33-72(71,76)10/h11-16,19-31,38-42H,17-18,32-37H2,1-10H3. The number of hydrogen-bond acceptors (Lipinski definition) is 5. The first kappa shape index (κ1) is 46.9. The molecule has 8 aromatic carbocycles. The smallest absolute Gasteiger partial charge is 0.252 e. The Balaban J connectivity index is 1.10. The minimum Gasteiger partial charge on any atom is -0.456 e. The Kier molecular flexibility index (Phi) is 9.22. The van der Waals surface area contributed by atoms with Crippen molar-refractivity contribution < 1.29 is 8.83 Å². The molecule has 5 heterocycles. The van der Waals surface area contributed by atoms with Crippen molar-refractivity contribution in [2.45, 2.75) is 153 Å². The molecule has 388 valence electrons. The summed E-state index contributed by atoms with van der Waals surface area (Å²) >= 11 is 0. The van der Waals surface area contributed by atoms with E-state index in [0.29, 0.717) is 0 Å². The predicted octanol–water partition coefficient (Wildman–Crippen LogP) is 18.0. The molecule has 0 bridgehead atoms. The SMILES string of the molecule is CC1(C)CCC(C)(C)c2cc(N3c4cc5c(cc4B4c6ccc7oc8ccccc8c7c6N(c6cccc7oc8ccccc8c67)c6cc(N7c8ccccc8C8(C)CCCCC78C)cc3c64)C(C)(C)CCC5(C)C)ccc21. The number of nitrogens with zero attached hydrogens (tertiary/aromatic N) is 3. The van der Waals surface area contributed by atoms with Crippen LogP contribution in [0.25, 0.3) is 43.9 Å². The first-order valence-corrected chi connectivity index (χ1v) is 29.3. The fourth-order valence-electron chi connectivity index (χ4n) is 16.8. The summed E-state index contributed by atoms with van der Waals surface area (Å²) in [5.41, 5.74) is 24.7. The van der Waals surface area contributed by atoms with Crippen molar-refractivity contribution >= 4 is 112 Å². The molecular formula is C72H70BN3O2. The third kappa shape index (κ3) is 5.99. The van der Waals surface area contributed by atoms with E-state index in [4.69, 9.17) is 8.83 Å². The van der Waals surface area contributed by atoms with Gasteiger partial charge in [0.05, 0.1) is 27.7 Å². The molecule has 0 saturated heterocycles. The highest BCUT2D eigenvalue weighted by atomic mass is 16.3. The van der Waals surface area contributed by atoms with E-state index >= 15 is 0 Å². The van der Waals surface area contributed by atoms with Gasteiger partial charge in [0.2, 0.25) is 0 Å². The molecule has 78 heavy (non-hydrogen) atoms. The van der Waals surface area contributed by atoms with Gasteiger partial charge in [-0.05, 0) is 178 Å². The fourth-order valence-corrected chi connectivity index (χ4v) is 16.8. The molecule has 0 N–H and O–H groups in total. The second kappa shape index (κ2) is 15.3. The van der Waals surface area contributed by atoms with Gasteiger partial charge in [0, 0.05) is 50.3 Å². The molecule has 3 aliphatic heterocycles. The number of anilines is 8. The van der Waals surface area contributed by atoms with Crippen LogP contribution in [0.15, 0.2) is 154 Å². The fraction of sp³-hybridized carbons (Fsp3) is 0.333. The van der Waals surface area contributed by atoms with E-state index in [0.717, 1.165) is 81.7 Å². The summed E-state index contributed by atoms with van der Waals surface area (Å²) in [6, 6.07) is 56.4. The Hall–Kier alpha value is -7.18. The van der Waals surface area contributed by atoms with E-state index in [-0.39, 0.29) is 39.3 Å². The Morgan fingerprint density at radius 3 is 1.67 bits per heavy atom. The average molecular weight is 1020 g/mol. The van der Waals surface area contributed by atoms with Crippen molar-refractivity contribution in [3.63, 3.8) is 0 Å². The van der Waals surface area contributed by atoms with Crippen molar-refractivity contribution in [2.75, 3.05) is 14.7 Å². The topological polar surface area (TPSA) is 36.0 Å². The largest absolute Gasteiger partial charge is 0.456 e. The zero-order chi connectivity index (χ0) is 53.2. The van der Waals surface area contributed by atoms with Crippen molar-refractivity contribution in [2.24, 2.45) is 0 Å². The molecule has 10 aromatic rings. The number of fused-ring (bicyclic) bond motifs is 16. The maximum Gasteiger partial charge on any atom is 0.252 e. The molecule has 0 radical (unpaired) electrons. The predicted molar refractivity (Wildman–Crippen MR) is 328 cm³/mol. The third-order valence-corrected chi connectivity index (χ3v) is 21.5. The van der Waals surface area contributed by atoms with Gasteiger partial charge >= 0.3 is 0 Å². The van der Waals surface area contributed by atoms with Crippen molar-refractivity contribution in [1.29, 1.82) is 0 Å². The minimum atomic E-state index is -0.172. The number of furan rings is 2. The normalized spacial score (nSPS) is 22.7. The second-order valence-corrected chi connectivity index (χ2v) is 27.6. The lowest BCUT2D eigenvalue weighted by molar-refractivity contribution is 0.195. The number of benzene rings is 8. The number of rotatable bonds is 3. The van der Waals surface area contributed by atoms with E-state index in [2.05, 4.69) is 230 Å². The van der Waals surface area contributed by atoms with Crippen LogP contribution in [0.2, 0.25) is 0 Å². The van der Waals surface area contributed by atoms with Gasteiger partial charge in [-0.2, -0.15) is 0 Å². The van der Waals surface area contributed by atoms with Crippen LogP contribution in [0.3, 0.4) is 0 Å². The van der Waals surface area contributed by atoms with Crippen LogP contribution in [0.4, 0.5) is 45.5 Å². The maximum absolute atomic E-state index is 6.95. The monoisotopic (exact) mass is 1020 g/mol. The molecule has 16 rings (SSSR count).